The van der Waals surface area contributed by atoms with Gasteiger partial charge in [0.1, 0.15) is 0 Å². The minimum Gasteiger partial charge on any atom is -0.309 e. The lowest BCUT2D eigenvalue weighted by atomic mass is 10.1. The van der Waals surface area contributed by atoms with Gasteiger partial charge in [-0.05, 0) is 36.4 Å². The number of rotatable bonds is 3. The Bertz CT molecular complexity index is 828. The third kappa shape index (κ3) is 2.92. The molecule has 1 N–H and O–H groups in total. The fourth-order valence-electron chi connectivity index (χ4n) is 3.12. The molecule has 2 heterocycles. The van der Waals surface area contributed by atoms with Gasteiger partial charge in [-0.3, -0.25) is 14.4 Å². The first kappa shape index (κ1) is 18.9. The second-order valence-corrected chi connectivity index (χ2v) is 8.23. The Hall–Kier alpha value is -1.87. The van der Waals surface area contributed by atoms with Crippen LogP contribution in [0.15, 0.2) is 27.8 Å². The Balaban J connectivity index is 2.13. The summed E-state index contributed by atoms with van der Waals surface area (Å²) >= 11 is 4.54. The lowest BCUT2D eigenvalue weighted by molar-refractivity contribution is -0.139. The molecule has 0 aromatic heterocycles. The van der Waals surface area contributed by atoms with Crippen molar-refractivity contribution in [2.24, 2.45) is 5.10 Å². The highest BCUT2D eigenvalue weighted by atomic mass is 79.9. The zero-order valence-corrected chi connectivity index (χ0v) is 17.1. The summed E-state index contributed by atoms with van der Waals surface area (Å²) in [5, 5.41) is 8.25. The molecule has 1 aromatic rings. The quantitative estimate of drug-likeness (QED) is 0.786. The van der Waals surface area contributed by atoms with Crippen LogP contribution in [-0.2, 0) is 19.3 Å². The second kappa shape index (κ2) is 7.03. The molecule has 2 aliphatic heterocycles. The zero-order chi connectivity index (χ0) is 19.1. The number of nitrogens with zero attached hydrogens (tertiary/aromatic N) is 3. The molecule has 0 radical (unpaired) electrons. The molecule has 1 spiro atoms. The van der Waals surface area contributed by atoms with E-state index in [1.54, 1.807) is 4.90 Å². The highest BCUT2D eigenvalue weighted by Gasteiger charge is 2.61. The molecule has 3 rings (SSSR count). The van der Waals surface area contributed by atoms with Crippen LogP contribution < -0.4 is 10.2 Å². The van der Waals surface area contributed by atoms with Crippen molar-refractivity contribution in [3.8, 4) is 0 Å². The third-order valence-corrected chi connectivity index (χ3v) is 5.93. The van der Waals surface area contributed by atoms with Crippen LogP contribution in [0.1, 0.15) is 39.2 Å². The summed E-state index contributed by atoms with van der Waals surface area (Å²) in [4.78, 5) is 37.6. The topological polar surface area (TPSA) is 82.1 Å². The lowest BCUT2D eigenvalue weighted by Gasteiger charge is -2.29. The first-order valence-electron chi connectivity index (χ1n) is 8.29. The van der Waals surface area contributed by atoms with Crippen LogP contribution in [-0.4, -0.2) is 34.4 Å². The number of amidine groups is 1. The Morgan fingerprint density at radius 1 is 1.35 bits per heavy atom. The SMILES string of the molecule is CCCCN1C(=O)C2(SC(NC(C)=O)=NN2C(C)=O)c2cc(Br)ccc21. The minimum atomic E-state index is -1.32. The number of carbonyl (C=O) groups excluding carboxylic acids is 3. The number of carbonyl (C=O) groups is 3. The van der Waals surface area contributed by atoms with Gasteiger partial charge in [0.25, 0.3) is 5.91 Å². The number of nitrogens with one attached hydrogen (secondary N) is 1. The number of hydrazone groups is 1. The molecule has 1 atom stereocenters. The van der Waals surface area contributed by atoms with E-state index in [4.69, 9.17) is 0 Å². The van der Waals surface area contributed by atoms with Crippen molar-refractivity contribution in [1.82, 2.24) is 10.3 Å². The first-order chi connectivity index (χ1) is 12.3. The van der Waals surface area contributed by atoms with Gasteiger partial charge >= 0.3 is 0 Å². The highest BCUT2D eigenvalue weighted by molar-refractivity contribution is 9.10. The van der Waals surface area contributed by atoms with Crippen LogP contribution in [0.25, 0.3) is 0 Å². The van der Waals surface area contributed by atoms with Gasteiger partial charge in [0.2, 0.25) is 16.7 Å². The molecular formula is C17H19BrN4O3S. The summed E-state index contributed by atoms with van der Waals surface area (Å²) in [6, 6.07) is 5.59. The monoisotopic (exact) mass is 438 g/mol. The summed E-state index contributed by atoms with van der Waals surface area (Å²) in [7, 11) is 0. The molecule has 138 valence electrons. The van der Waals surface area contributed by atoms with E-state index in [2.05, 4.69) is 33.3 Å². The van der Waals surface area contributed by atoms with Gasteiger partial charge in [0.05, 0.1) is 5.69 Å². The van der Waals surface area contributed by atoms with Crippen molar-refractivity contribution in [1.29, 1.82) is 0 Å². The van der Waals surface area contributed by atoms with Crippen molar-refractivity contribution in [2.45, 2.75) is 38.5 Å². The molecule has 0 saturated carbocycles. The summed E-state index contributed by atoms with van der Waals surface area (Å²) in [5.74, 6) is -0.891. The van der Waals surface area contributed by atoms with Gasteiger partial charge in [-0.15, -0.1) is 5.10 Å². The number of hydrogen-bond donors (Lipinski definition) is 1. The second-order valence-electron chi connectivity index (χ2n) is 6.14. The van der Waals surface area contributed by atoms with Crippen molar-refractivity contribution < 1.29 is 14.4 Å². The highest BCUT2D eigenvalue weighted by Crippen LogP contribution is 2.54. The molecule has 26 heavy (non-hydrogen) atoms. The maximum absolute atomic E-state index is 13.5. The van der Waals surface area contributed by atoms with Crippen LogP contribution in [0.3, 0.4) is 0 Å². The average molecular weight is 439 g/mol. The van der Waals surface area contributed by atoms with Crippen molar-refractivity contribution in [3.63, 3.8) is 0 Å². The van der Waals surface area contributed by atoms with Crippen molar-refractivity contribution >= 4 is 56.3 Å². The number of amides is 3. The van der Waals surface area contributed by atoms with Gasteiger partial charge < -0.3 is 10.2 Å². The standard InChI is InChI=1S/C17H19BrN4O3S/c1-4-5-8-21-14-7-6-12(18)9-13(14)17(15(21)25)22(11(3)24)20-16(26-17)19-10(2)23/h6-7,9H,4-5,8H2,1-3H3,(H,19,20,23). The van der Waals surface area contributed by atoms with Gasteiger partial charge in [0.15, 0.2) is 5.17 Å². The fourth-order valence-corrected chi connectivity index (χ4v) is 4.81. The molecule has 0 aliphatic carbocycles. The summed E-state index contributed by atoms with van der Waals surface area (Å²) in [5.41, 5.74) is 1.46. The maximum Gasteiger partial charge on any atom is 0.270 e. The fraction of sp³-hybridized carbons (Fsp3) is 0.412. The average Bonchev–Trinajstić information content (AvgIpc) is 3.04. The largest absolute Gasteiger partial charge is 0.309 e. The summed E-state index contributed by atoms with van der Waals surface area (Å²) < 4.78 is 0.804. The van der Waals surface area contributed by atoms with Crippen LogP contribution in [0.4, 0.5) is 5.69 Å². The van der Waals surface area contributed by atoms with Gasteiger partial charge in [-0.1, -0.05) is 29.3 Å². The molecule has 3 amide bonds. The number of benzene rings is 1. The molecule has 2 aliphatic rings. The van der Waals surface area contributed by atoms with E-state index in [1.165, 1.54) is 18.9 Å². The number of hydrogen-bond acceptors (Lipinski definition) is 5. The summed E-state index contributed by atoms with van der Waals surface area (Å²) in [6.07, 6.45) is 1.79. The third-order valence-electron chi connectivity index (χ3n) is 4.20. The normalized spacial score (nSPS) is 21.2. The van der Waals surface area contributed by atoms with E-state index in [0.717, 1.165) is 34.8 Å². The number of unbranched alkanes of at least 4 members (excludes halogenated alkanes) is 1. The van der Waals surface area contributed by atoms with E-state index in [0.29, 0.717) is 12.1 Å². The first-order valence-corrected chi connectivity index (χ1v) is 9.90. The predicted octanol–water partition coefficient (Wildman–Crippen LogP) is 2.75. The molecule has 0 saturated heterocycles. The molecular weight excluding hydrogens is 420 g/mol. The molecule has 9 heteroatoms. The number of halogens is 1. The van der Waals surface area contributed by atoms with Crippen LogP contribution in [0.2, 0.25) is 0 Å². The van der Waals surface area contributed by atoms with Gasteiger partial charge in [-0.2, -0.15) is 5.01 Å². The molecule has 1 unspecified atom stereocenters. The van der Waals surface area contributed by atoms with Gasteiger partial charge in [-0.25, -0.2) is 0 Å². The Kier molecular flexibility index (Phi) is 5.12. The Labute approximate surface area is 164 Å². The molecule has 0 bridgehead atoms. The maximum atomic E-state index is 13.5. The zero-order valence-electron chi connectivity index (χ0n) is 14.7. The Morgan fingerprint density at radius 3 is 2.69 bits per heavy atom. The molecule has 7 nitrogen and oxygen atoms in total. The van der Waals surface area contributed by atoms with E-state index >= 15 is 0 Å². The van der Waals surface area contributed by atoms with Crippen LogP contribution in [0.5, 0.6) is 0 Å². The number of thioether (sulfide) groups is 1. The van der Waals surface area contributed by atoms with Crippen LogP contribution in [0, 0.1) is 0 Å². The number of anilines is 1. The smallest absolute Gasteiger partial charge is 0.270 e. The van der Waals surface area contributed by atoms with E-state index in [-0.39, 0.29) is 22.9 Å². The van der Waals surface area contributed by atoms with Crippen LogP contribution >= 0.6 is 27.7 Å². The van der Waals surface area contributed by atoms with E-state index in [1.807, 2.05) is 18.2 Å². The Morgan fingerprint density at radius 2 is 2.08 bits per heavy atom. The lowest BCUT2D eigenvalue weighted by Crippen LogP contribution is -2.48. The van der Waals surface area contributed by atoms with E-state index in [9.17, 15) is 14.4 Å². The molecule has 1 aromatic carbocycles. The number of fused-ring (bicyclic) bond motifs is 2. The van der Waals surface area contributed by atoms with Crippen molar-refractivity contribution in [3.05, 3.63) is 28.2 Å². The minimum absolute atomic E-state index is 0.219. The molecule has 0 fully saturated rings. The summed E-state index contributed by atoms with van der Waals surface area (Å²) in [6.45, 7) is 5.35. The predicted molar refractivity (Wildman–Crippen MR) is 104 cm³/mol. The van der Waals surface area contributed by atoms with Gasteiger partial charge in [0, 0.05) is 30.4 Å². The van der Waals surface area contributed by atoms with Crippen molar-refractivity contribution in [2.75, 3.05) is 11.4 Å². The van der Waals surface area contributed by atoms with E-state index < -0.39 is 4.87 Å².